The Balaban J connectivity index is 2.88. The Morgan fingerprint density at radius 3 is 2.40 bits per heavy atom. The van der Waals surface area contributed by atoms with E-state index < -0.39 is 0 Å². The predicted molar refractivity (Wildman–Crippen MR) is 89.8 cm³/mol. The number of hydrogen-bond donors (Lipinski definition) is 1. The van der Waals surface area contributed by atoms with Crippen LogP contribution in [0.3, 0.4) is 0 Å². The number of nitrogens with one attached hydrogen (secondary N) is 1. The van der Waals surface area contributed by atoms with E-state index in [1.807, 2.05) is 7.05 Å². The molecule has 0 amide bonds. The van der Waals surface area contributed by atoms with Crippen LogP contribution in [-0.4, -0.2) is 45.7 Å². The lowest BCUT2D eigenvalue weighted by molar-refractivity contribution is 0.409. The summed E-state index contributed by atoms with van der Waals surface area (Å²) in [6.45, 7) is 8.39. The molecule has 1 aromatic rings. The fraction of sp³-hybridized carbons (Fsp3) is 0.625. The molecule has 0 radical (unpaired) electrons. The zero-order valence-electron chi connectivity index (χ0n) is 13.4. The van der Waals surface area contributed by atoms with Crippen LogP contribution in [0.25, 0.3) is 0 Å². The average Bonchev–Trinajstić information content (AvgIpc) is 2.35. The van der Waals surface area contributed by atoms with Crippen molar-refractivity contribution in [2.75, 3.05) is 45.7 Å². The molecule has 0 aromatic heterocycles. The third-order valence-corrected chi connectivity index (χ3v) is 3.44. The molecule has 0 atom stereocenters. The summed E-state index contributed by atoms with van der Waals surface area (Å²) in [6.07, 6.45) is 0. The van der Waals surface area contributed by atoms with Crippen LogP contribution in [-0.2, 0) is 6.54 Å². The standard InChI is InChI=1S/C16H28ClN3/c1-13(2)12-20(9-8-19(4)5)16-7-6-14(11-18-3)10-15(16)17/h6-7,10,13,18H,8-9,11-12H2,1-5H3. The molecule has 1 rings (SSSR count). The van der Waals surface area contributed by atoms with Crippen LogP contribution in [0.1, 0.15) is 19.4 Å². The molecule has 0 aliphatic heterocycles. The Morgan fingerprint density at radius 2 is 1.90 bits per heavy atom. The summed E-state index contributed by atoms with van der Waals surface area (Å²) in [5, 5.41) is 4.00. The maximum Gasteiger partial charge on any atom is 0.0642 e. The molecule has 0 fully saturated rings. The van der Waals surface area contributed by atoms with Gasteiger partial charge in [0.15, 0.2) is 0 Å². The van der Waals surface area contributed by atoms with Gasteiger partial charge in [0, 0.05) is 26.2 Å². The second-order valence-corrected chi connectivity index (χ2v) is 6.37. The number of hydrogen-bond acceptors (Lipinski definition) is 3. The molecule has 3 nitrogen and oxygen atoms in total. The maximum absolute atomic E-state index is 6.48. The molecule has 0 bridgehead atoms. The number of rotatable bonds is 8. The van der Waals surface area contributed by atoms with Crippen molar-refractivity contribution < 1.29 is 0 Å². The van der Waals surface area contributed by atoms with Gasteiger partial charge in [-0.25, -0.2) is 0 Å². The molecular formula is C16H28ClN3. The highest BCUT2D eigenvalue weighted by atomic mass is 35.5. The van der Waals surface area contributed by atoms with E-state index in [4.69, 9.17) is 11.6 Å². The van der Waals surface area contributed by atoms with Gasteiger partial charge in [0.1, 0.15) is 0 Å². The quantitative estimate of drug-likeness (QED) is 0.795. The first-order valence-electron chi connectivity index (χ1n) is 7.26. The Hall–Kier alpha value is -0.770. The number of benzene rings is 1. The summed E-state index contributed by atoms with van der Waals surface area (Å²) in [4.78, 5) is 4.59. The van der Waals surface area contributed by atoms with E-state index in [1.165, 1.54) is 5.56 Å². The van der Waals surface area contributed by atoms with E-state index >= 15 is 0 Å². The Bertz CT molecular complexity index is 405. The molecule has 0 aliphatic carbocycles. The summed E-state index contributed by atoms with van der Waals surface area (Å²) in [6, 6.07) is 6.37. The van der Waals surface area contributed by atoms with Gasteiger partial charge in [0.2, 0.25) is 0 Å². The lowest BCUT2D eigenvalue weighted by atomic mass is 10.1. The van der Waals surface area contributed by atoms with Crippen molar-refractivity contribution in [3.63, 3.8) is 0 Å². The van der Waals surface area contributed by atoms with Crippen LogP contribution in [0.15, 0.2) is 18.2 Å². The molecule has 0 saturated carbocycles. The molecule has 4 heteroatoms. The van der Waals surface area contributed by atoms with Crippen LogP contribution >= 0.6 is 11.6 Å². The van der Waals surface area contributed by atoms with Crippen LogP contribution in [0, 0.1) is 5.92 Å². The van der Waals surface area contributed by atoms with E-state index in [0.29, 0.717) is 5.92 Å². The minimum atomic E-state index is 0.616. The smallest absolute Gasteiger partial charge is 0.0642 e. The van der Waals surface area contributed by atoms with E-state index in [0.717, 1.165) is 36.9 Å². The Labute approximate surface area is 128 Å². The largest absolute Gasteiger partial charge is 0.369 e. The minimum absolute atomic E-state index is 0.616. The average molecular weight is 298 g/mol. The minimum Gasteiger partial charge on any atom is -0.369 e. The van der Waals surface area contributed by atoms with E-state index in [1.54, 1.807) is 0 Å². The molecule has 0 aliphatic rings. The van der Waals surface area contributed by atoms with Gasteiger partial charge < -0.3 is 15.1 Å². The topological polar surface area (TPSA) is 18.5 Å². The normalized spacial score (nSPS) is 11.4. The number of anilines is 1. The highest BCUT2D eigenvalue weighted by Gasteiger charge is 2.12. The van der Waals surface area contributed by atoms with E-state index in [2.05, 4.69) is 61.3 Å². The van der Waals surface area contributed by atoms with Gasteiger partial charge in [-0.15, -0.1) is 0 Å². The van der Waals surface area contributed by atoms with Gasteiger partial charge in [0.05, 0.1) is 10.7 Å². The van der Waals surface area contributed by atoms with Crippen LogP contribution in [0.2, 0.25) is 5.02 Å². The summed E-state index contributed by atoms with van der Waals surface area (Å²) < 4.78 is 0. The van der Waals surface area contributed by atoms with Crippen LogP contribution in [0.4, 0.5) is 5.69 Å². The van der Waals surface area contributed by atoms with Gasteiger partial charge in [-0.1, -0.05) is 31.5 Å². The first kappa shape index (κ1) is 17.3. The highest BCUT2D eigenvalue weighted by molar-refractivity contribution is 6.33. The first-order valence-corrected chi connectivity index (χ1v) is 7.64. The van der Waals surface area contributed by atoms with Crippen molar-refractivity contribution in [3.05, 3.63) is 28.8 Å². The fourth-order valence-electron chi connectivity index (χ4n) is 2.19. The van der Waals surface area contributed by atoms with Crippen molar-refractivity contribution in [1.29, 1.82) is 0 Å². The van der Waals surface area contributed by atoms with Crippen LogP contribution in [0.5, 0.6) is 0 Å². The Morgan fingerprint density at radius 1 is 1.20 bits per heavy atom. The van der Waals surface area contributed by atoms with Crippen molar-refractivity contribution in [2.24, 2.45) is 5.92 Å². The van der Waals surface area contributed by atoms with Crippen molar-refractivity contribution in [2.45, 2.75) is 20.4 Å². The highest BCUT2D eigenvalue weighted by Crippen LogP contribution is 2.27. The van der Waals surface area contributed by atoms with E-state index in [-0.39, 0.29) is 0 Å². The summed E-state index contributed by atoms with van der Waals surface area (Å²) in [5.41, 5.74) is 2.36. The maximum atomic E-state index is 6.48. The van der Waals surface area contributed by atoms with Crippen molar-refractivity contribution >= 4 is 17.3 Å². The van der Waals surface area contributed by atoms with Crippen molar-refractivity contribution in [3.8, 4) is 0 Å². The second kappa shape index (κ2) is 8.50. The van der Waals surface area contributed by atoms with Gasteiger partial charge in [-0.05, 0) is 44.8 Å². The molecule has 0 spiro atoms. The van der Waals surface area contributed by atoms with E-state index in [9.17, 15) is 0 Å². The number of likely N-dealkylation sites (N-methyl/N-ethyl adjacent to an activating group) is 1. The molecule has 1 aromatic carbocycles. The monoisotopic (exact) mass is 297 g/mol. The zero-order chi connectivity index (χ0) is 15.1. The summed E-state index contributed by atoms with van der Waals surface area (Å²) in [5.74, 6) is 0.616. The lowest BCUT2D eigenvalue weighted by Gasteiger charge is -2.29. The third kappa shape index (κ3) is 5.70. The number of nitrogens with zero attached hydrogens (tertiary/aromatic N) is 2. The van der Waals surface area contributed by atoms with Crippen LogP contribution < -0.4 is 10.2 Å². The summed E-state index contributed by atoms with van der Waals surface area (Å²) in [7, 11) is 6.15. The number of halogens is 1. The molecule has 0 unspecified atom stereocenters. The fourth-order valence-corrected chi connectivity index (χ4v) is 2.52. The molecule has 20 heavy (non-hydrogen) atoms. The molecule has 1 N–H and O–H groups in total. The predicted octanol–water partition coefficient (Wildman–Crippen LogP) is 3.08. The first-order chi connectivity index (χ1) is 9.43. The third-order valence-electron chi connectivity index (χ3n) is 3.14. The molecule has 114 valence electrons. The van der Waals surface area contributed by atoms with Gasteiger partial charge >= 0.3 is 0 Å². The second-order valence-electron chi connectivity index (χ2n) is 5.96. The van der Waals surface area contributed by atoms with Crippen molar-refractivity contribution in [1.82, 2.24) is 10.2 Å². The molecule has 0 saturated heterocycles. The SMILES string of the molecule is CNCc1ccc(N(CCN(C)C)CC(C)C)c(Cl)c1. The zero-order valence-corrected chi connectivity index (χ0v) is 14.2. The molecular weight excluding hydrogens is 270 g/mol. The lowest BCUT2D eigenvalue weighted by Crippen LogP contribution is -2.34. The van der Waals surface area contributed by atoms with Gasteiger partial charge in [0.25, 0.3) is 0 Å². The van der Waals surface area contributed by atoms with Gasteiger partial charge in [-0.2, -0.15) is 0 Å². The summed E-state index contributed by atoms with van der Waals surface area (Å²) >= 11 is 6.48. The van der Waals surface area contributed by atoms with Gasteiger partial charge in [-0.3, -0.25) is 0 Å². The Kier molecular flexibility index (Phi) is 7.35. The molecule has 0 heterocycles.